The van der Waals surface area contributed by atoms with E-state index in [1.165, 1.54) is 0 Å². The molecule has 0 saturated carbocycles. The molecule has 0 radical (unpaired) electrons. The van der Waals surface area contributed by atoms with Crippen LogP contribution in [0.15, 0.2) is 54.6 Å². The van der Waals surface area contributed by atoms with E-state index in [0.717, 1.165) is 11.1 Å². The van der Waals surface area contributed by atoms with Gasteiger partial charge < -0.3 is 5.11 Å². The van der Waals surface area contributed by atoms with Crippen LogP contribution in [0.3, 0.4) is 0 Å². The smallest absolute Gasteiger partial charge is 0.166 e. The number of Topliss-reactive ketones (excluding diaryl/α,β-unsaturated/α-hetero) is 1. The van der Waals surface area contributed by atoms with Crippen LogP contribution in [-0.2, 0) is 5.60 Å². The highest BCUT2D eigenvalue weighted by Gasteiger charge is 2.26. The first kappa shape index (κ1) is 13.5. The summed E-state index contributed by atoms with van der Waals surface area (Å²) in [7, 11) is 0. The van der Waals surface area contributed by atoms with Crippen molar-refractivity contribution in [2.24, 2.45) is 0 Å². The second kappa shape index (κ2) is 5.37. The van der Waals surface area contributed by atoms with E-state index in [9.17, 15) is 9.90 Å². The van der Waals surface area contributed by atoms with Gasteiger partial charge in [0.25, 0.3) is 0 Å². The maximum Gasteiger partial charge on any atom is 0.166 e. The molecule has 1 unspecified atom stereocenters. The molecule has 0 aromatic heterocycles. The van der Waals surface area contributed by atoms with Crippen molar-refractivity contribution in [2.75, 3.05) is 0 Å². The first-order valence-corrected chi connectivity index (χ1v) is 6.37. The van der Waals surface area contributed by atoms with Crippen molar-refractivity contribution in [3.05, 3.63) is 71.3 Å². The van der Waals surface area contributed by atoms with Crippen LogP contribution < -0.4 is 0 Å². The minimum atomic E-state index is -1.14. The molecule has 2 aromatic rings. The largest absolute Gasteiger partial charge is 0.385 e. The first-order valence-electron chi connectivity index (χ1n) is 6.37. The Labute approximate surface area is 113 Å². The maximum atomic E-state index is 12.2. The molecule has 1 N–H and O–H groups in total. The van der Waals surface area contributed by atoms with E-state index in [0.29, 0.717) is 5.56 Å². The fourth-order valence-corrected chi connectivity index (χ4v) is 2.05. The van der Waals surface area contributed by atoms with E-state index in [-0.39, 0.29) is 12.2 Å². The standard InChI is InChI=1S/C17H18O2/c1-13-8-10-14(11-9-13)16(18)12-17(2,19)15-6-4-3-5-7-15/h3-11,19H,12H2,1-2H3. The Morgan fingerprint density at radius 2 is 1.63 bits per heavy atom. The summed E-state index contributed by atoms with van der Waals surface area (Å²) in [5, 5.41) is 10.5. The van der Waals surface area contributed by atoms with Gasteiger partial charge in [-0.25, -0.2) is 0 Å². The molecule has 98 valence electrons. The highest BCUT2D eigenvalue weighted by Crippen LogP contribution is 2.26. The second-order valence-electron chi connectivity index (χ2n) is 5.11. The number of ketones is 1. The third-order valence-corrected chi connectivity index (χ3v) is 3.27. The number of rotatable bonds is 4. The SMILES string of the molecule is Cc1ccc(C(=O)CC(C)(O)c2ccccc2)cc1. The minimum Gasteiger partial charge on any atom is -0.385 e. The molecule has 2 heteroatoms. The highest BCUT2D eigenvalue weighted by molar-refractivity contribution is 5.96. The van der Waals surface area contributed by atoms with Gasteiger partial charge in [-0.15, -0.1) is 0 Å². The Balaban J connectivity index is 2.16. The number of benzene rings is 2. The number of aryl methyl sites for hydroxylation is 1. The first-order chi connectivity index (χ1) is 8.99. The van der Waals surface area contributed by atoms with Gasteiger partial charge in [-0.2, -0.15) is 0 Å². The number of aliphatic hydroxyl groups is 1. The van der Waals surface area contributed by atoms with Gasteiger partial charge in [0.15, 0.2) is 5.78 Å². The van der Waals surface area contributed by atoms with E-state index < -0.39 is 5.60 Å². The summed E-state index contributed by atoms with van der Waals surface area (Å²) in [5.74, 6) is -0.0474. The Kier molecular flexibility index (Phi) is 3.82. The Morgan fingerprint density at radius 3 is 2.21 bits per heavy atom. The van der Waals surface area contributed by atoms with E-state index in [1.807, 2.05) is 49.4 Å². The molecule has 0 saturated heterocycles. The third kappa shape index (κ3) is 3.30. The van der Waals surface area contributed by atoms with Crippen LogP contribution in [0.25, 0.3) is 0 Å². The monoisotopic (exact) mass is 254 g/mol. The second-order valence-corrected chi connectivity index (χ2v) is 5.11. The van der Waals surface area contributed by atoms with Crippen molar-refractivity contribution < 1.29 is 9.90 Å². The fraction of sp³-hybridized carbons (Fsp3) is 0.235. The van der Waals surface area contributed by atoms with E-state index in [4.69, 9.17) is 0 Å². The zero-order valence-corrected chi connectivity index (χ0v) is 11.3. The summed E-state index contributed by atoms with van der Waals surface area (Å²) in [6.45, 7) is 3.66. The summed E-state index contributed by atoms with van der Waals surface area (Å²) < 4.78 is 0. The lowest BCUT2D eigenvalue weighted by molar-refractivity contribution is 0.0431. The molecular weight excluding hydrogens is 236 g/mol. The van der Waals surface area contributed by atoms with Gasteiger partial charge in [-0.05, 0) is 19.4 Å². The molecule has 0 amide bonds. The predicted molar refractivity (Wildman–Crippen MR) is 76.1 cm³/mol. The Hall–Kier alpha value is -1.93. The quantitative estimate of drug-likeness (QED) is 0.848. The van der Waals surface area contributed by atoms with Gasteiger partial charge in [0.05, 0.1) is 5.60 Å². The maximum absolute atomic E-state index is 12.2. The normalized spacial score (nSPS) is 13.8. The number of hydrogen-bond acceptors (Lipinski definition) is 2. The molecule has 0 aliphatic heterocycles. The van der Waals surface area contributed by atoms with Crippen LogP contribution in [0.1, 0.15) is 34.8 Å². The average molecular weight is 254 g/mol. The molecule has 0 heterocycles. The predicted octanol–water partition coefficient (Wildman–Crippen LogP) is 3.48. The number of carbonyl (C=O) groups is 1. The Morgan fingerprint density at radius 1 is 1.05 bits per heavy atom. The lowest BCUT2D eigenvalue weighted by atomic mass is 9.89. The van der Waals surface area contributed by atoms with Crippen molar-refractivity contribution in [2.45, 2.75) is 25.9 Å². The van der Waals surface area contributed by atoms with Gasteiger partial charge in [-0.1, -0.05) is 60.2 Å². The molecule has 0 aliphatic carbocycles. The lowest BCUT2D eigenvalue weighted by Gasteiger charge is -2.23. The summed E-state index contributed by atoms with van der Waals surface area (Å²) in [6, 6.07) is 16.7. The fourth-order valence-electron chi connectivity index (χ4n) is 2.05. The van der Waals surface area contributed by atoms with Gasteiger partial charge in [0.2, 0.25) is 0 Å². The van der Waals surface area contributed by atoms with Gasteiger partial charge in [0, 0.05) is 12.0 Å². The van der Waals surface area contributed by atoms with Gasteiger partial charge in [0.1, 0.15) is 0 Å². The molecule has 2 nitrogen and oxygen atoms in total. The molecule has 2 rings (SSSR count). The highest BCUT2D eigenvalue weighted by atomic mass is 16.3. The summed E-state index contributed by atoms with van der Waals surface area (Å²) in [4.78, 5) is 12.2. The van der Waals surface area contributed by atoms with E-state index in [1.54, 1.807) is 19.1 Å². The zero-order chi connectivity index (χ0) is 13.9. The van der Waals surface area contributed by atoms with Crippen LogP contribution >= 0.6 is 0 Å². The van der Waals surface area contributed by atoms with Crippen molar-refractivity contribution in [1.29, 1.82) is 0 Å². The molecule has 0 fully saturated rings. The average Bonchev–Trinajstić information content (AvgIpc) is 2.40. The molecule has 0 aliphatic rings. The van der Waals surface area contributed by atoms with Crippen LogP contribution in [0.2, 0.25) is 0 Å². The molecule has 19 heavy (non-hydrogen) atoms. The van der Waals surface area contributed by atoms with E-state index in [2.05, 4.69) is 0 Å². The summed E-state index contributed by atoms with van der Waals surface area (Å²) >= 11 is 0. The van der Waals surface area contributed by atoms with Gasteiger partial charge >= 0.3 is 0 Å². The van der Waals surface area contributed by atoms with Crippen molar-refractivity contribution in [3.8, 4) is 0 Å². The Bertz CT molecular complexity index is 554. The van der Waals surface area contributed by atoms with Crippen LogP contribution in [0, 0.1) is 6.92 Å². The van der Waals surface area contributed by atoms with Crippen molar-refractivity contribution >= 4 is 5.78 Å². The molecular formula is C17H18O2. The van der Waals surface area contributed by atoms with E-state index >= 15 is 0 Å². The molecule has 0 bridgehead atoms. The lowest BCUT2D eigenvalue weighted by Crippen LogP contribution is -2.25. The van der Waals surface area contributed by atoms with Crippen LogP contribution in [0.5, 0.6) is 0 Å². The molecule has 0 spiro atoms. The minimum absolute atomic E-state index is 0.0474. The van der Waals surface area contributed by atoms with Crippen molar-refractivity contribution in [1.82, 2.24) is 0 Å². The summed E-state index contributed by atoms with van der Waals surface area (Å²) in [6.07, 6.45) is 0.0834. The van der Waals surface area contributed by atoms with Crippen LogP contribution in [-0.4, -0.2) is 10.9 Å². The third-order valence-electron chi connectivity index (χ3n) is 3.27. The number of hydrogen-bond donors (Lipinski definition) is 1. The zero-order valence-electron chi connectivity index (χ0n) is 11.3. The van der Waals surface area contributed by atoms with Gasteiger partial charge in [-0.3, -0.25) is 4.79 Å². The van der Waals surface area contributed by atoms with Crippen molar-refractivity contribution in [3.63, 3.8) is 0 Å². The topological polar surface area (TPSA) is 37.3 Å². The molecule has 2 aromatic carbocycles. The molecule has 1 atom stereocenters. The number of carbonyl (C=O) groups excluding carboxylic acids is 1. The van der Waals surface area contributed by atoms with Crippen LogP contribution in [0.4, 0.5) is 0 Å². The summed E-state index contributed by atoms with van der Waals surface area (Å²) in [5.41, 5.74) is 1.38.